The summed E-state index contributed by atoms with van der Waals surface area (Å²) < 4.78 is 13.7. The Bertz CT molecular complexity index is 630. The van der Waals surface area contributed by atoms with E-state index >= 15 is 0 Å². The molecule has 7 heteroatoms. The van der Waals surface area contributed by atoms with E-state index in [1.165, 1.54) is 6.07 Å². The Morgan fingerprint density at radius 3 is 2.67 bits per heavy atom. The smallest absolute Gasteiger partial charge is 0.201 e. The minimum atomic E-state index is -2.89. The fourth-order valence-electron chi connectivity index (χ4n) is 1.47. The molecule has 0 aliphatic carbocycles. The number of nitrogen functional groups attached to an aromatic ring is 1. The third kappa shape index (κ3) is 2.71. The lowest BCUT2D eigenvalue weighted by molar-refractivity contribution is 0.666. The summed E-state index contributed by atoms with van der Waals surface area (Å²) in [5, 5.41) is 0.361. The van der Waals surface area contributed by atoms with Gasteiger partial charge in [0.05, 0.1) is 0 Å². The van der Waals surface area contributed by atoms with Gasteiger partial charge in [0.1, 0.15) is 11.0 Å². The van der Waals surface area contributed by atoms with Crippen molar-refractivity contribution in [2.75, 3.05) is 12.0 Å². The van der Waals surface area contributed by atoms with Crippen LogP contribution in [-0.4, -0.2) is 20.4 Å². The number of anilines is 1. The average molecular weight is 349 g/mol. The van der Waals surface area contributed by atoms with Crippen LogP contribution in [0.3, 0.4) is 0 Å². The van der Waals surface area contributed by atoms with Gasteiger partial charge >= 0.3 is 0 Å². The van der Waals surface area contributed by atoms with Gasteiger partial charge in [0, 0.05) is 21.7 Å². The molecule has 0 radical (unpaired) electrons. The molecule has 0 atom stereocenters. The van der Waals surface area contributed by atoms with Crippen LogP contribution in [-0.2, 0) is 9.93 Å². The van der Waals surface area contributed by atoms with Crippen molar-refractivity contribution in [3.8, 4) is 0 Å². The molecular formula is C11H11BrClN3OS. The molecule has 2 rings (SSSR count). The summed E-state index contributed by atoms with van der Waals surface area (Å²) in [4.78, 5) is 8.67. The Balaban J connectivity index is 2.57. The van der Waals surface area contributed by atoms with Crippen molar-refractivity contribution in [2.45, 2.75) is 10.1 Å². The van der Waals surface area contributed by atoms with Crippen molar-refractivity contribution in [3.05, 3.63) is 40.0 Å². The van der Waals surface area contributed by atoms with E-state index in [0.29, 0.717) is 4.90 Å². The Hall–Kier alpha value is -0.980. The molecule has 0 spiro atoms. The van der Waals surface area contributed by atoms with Gasteiger partial charge in [-0.15, -0.1) is 0 Å². The summed E-state index contributed by atoms with van der Waals surface area (Å²) in [7, 11) is -2.89. The first-order valence-corrected chi connectivity index (χ1v) is 8.36. The summed E-state index contributed by atoms with van der Waals surface area (Å²) in [5.41, 5.74) is 5.60. The summed E-state index contributed by atoms with van der Waals surface area (Å²) in [6.07, 6.45) is 1.60. The standard InChI is InChI=1S/C11H11BrClN3OS/c1-18(17,8-4-2-3-7(12)5-8)11-15-9(13)6-10(14)16-11/h2-6,18H,1H3,(H2,14,15,16). The fraction of sp³-hybridized carbons (Fsp3) is 0.0909. The van der Waals surface area contributed by atoms with E-state index in [0.717, 1.165) is 4.47 Å². The van der Waals surface area contributed by atoms with Crippen LogP contribution < -0.4 is 5.73 Å². The molecule has 0 bridgehead atoms. The van der Waals surface area contributed by atoms with Gasteiger partial charge in [-0.2, -0.15) is 0 Å². The Kier molecular flexibility index (Phi) is 3.70. The number of hydrogen-bond acceptors (Lipinski definition) is 4. The molecule has 0 fully saturated rings. The number of benzene rings is 1. The van der Waals surface area contributed by atoms with Crippen molar-refractivity contribution in [3.63, 3.8) is 0 Å². The van der Waals surface area contributed by atoms with Crippen LogP contribution >= 0.6 is 27.5 Å². The van der Waals surface area contributed by atoms with Gasteiger partial charge in [0.25, 0.3) is 0 Å². The molecule has 0 aliphatic rings. The fourth-order valence-corrected chi connectivity index (χ4v) is 3.89. The second-order valence-corrected chi connectivity index (χ2v) is 7.89. The second kappa shape index (κ2) is 4.95. The first-order chi connectivity index (χ1) is 8.39. The topological polar surface area (TPSA) is 68.9 Å². The van der Waals surface area contributed by atoms with Crippen molar-refractivity contribution in [2.24, 2.45) is 0 Å². The molecule has 96 valence electrons. The lowest BCUT2D eigenvalue weighted by Gasteiger charge is -2.18. The molecule has 18 heavy (non-hydrogen) atoms. The number of rotatable bonds is 2. The highest BCUT2D eigenvalue weighted by atomic mass is 79.9. The van der Waals surface area contributed by atoms with Crippen molar-refractivity contribution in [1.29, 1.82) is 0 Å². The number of nitrogens with two attached hydrogens (primary N) is 1. The highest BCUT2D eigenvalue weighted by molar-refractivity contribution is 9.10. The maximum atomic E-state index is 12.8. The van der Waals surface area contributed by atoms with E-state index in [1.807, 2.05) is 12.1 Å². The van der Waals surface area contributed by atoms with Crippen LogP contribution in [0.25, 0.3) is 0 Å². The van der Waals surface area contributed by atoms with Crippen molar-refractivity contribution < 1.29 is 4.21 Å². The minimum absolute atomic E-state index is 0.172. The second-order valence-electron chi connectivity index (χ2n) is 3.82. The maximum absolute atomic E-state index is 12.8. The zero-order valence-electron chi connectivity index (χ0n) is 9.47. The zero-order valence-corrected chi connectivity index (χ0v) is 12.7. The quantitative estimate of drug-likeness (QED) is 0.497. The third-order valence-electron chi connectivity index (χ3n) is 2.39. The lowest BCUT2D eigenvalue weighted by atomic mass is 10.4. The van der Waals surface area contributed by atoms with Crippen LogP contribution in [0, 0.1) is 0 Å². The van der Waals surface area contributed by atoms with Gasteiger partial charge in [0.2, 0.25) is 5.16 Å². The van der Waals surface area contributed by atoms with Gasteiger partial charge in [-0.3, -0.25) is 4.21 Å². The van der Waals surface area contributed by atoms with E-state index in [-0.39, 0.29) is 16.1 Å². The Morgan fingerprint density at radius 1 is 1.33 bits per heavy atom. The van der Waals surface area contributed by atoms with Gasteiger partial charge in [-0.25, -0.2) is 9.97 Å². The molecule has 0 saturated heterocycles. The predicted molar refractivity (Wildman–Crippen MR) is 77.6 cm³/mol. The Morgan fingerprint density at radius 2 is 2.06 bits per heavy atom. The number of aromatic nitrogens is 2. The molecule has 0 amide bonds. The number of hydrogen-bond donors (Lipinski definition) is 2. The summed E-state index contributed by atoms with van der Waals surface area (Å²) >= 11 is 9.16. The van der Waals surface area contributed by atoms with Gasteiger partial charge in [0.15, 0.2) is 0 Å². The predicted octanol–water partition coefficient (Wildman–Crippen LogP) is 2.54. The summed E-state index contributed by atoms with van der Waals surface area (Å²) in [6, 6.07) is 8.64. The molecule has 2 N–H and O–H groups in total. The molecule has 0 saturated carbocycles. The molecule has 0 unspecified atom stereocenters. The molecular weight excluding hydrogens is 338 g/mol. The summed E-state index contributed by atoms with van der Waals surface area (Å²) in [6.45, 7) is 0. The summed E-state index contributed by atoms with van der Waals surface area (Å²) in [5.74, 6) is 0.210. The monoisotopic (exact) mass is 347 g/mol. The Labute approximate surface area is 119 Å². The largest absolute Gasteiger partial charge is 0.384 e. The highest BCUT2D eigenvalue weighted by Crippen LogP contribution is 2.27. The number of thiol groups is 1. The van der Waals surface area contributed by atoms with Gasteiger partial charge in [-0.05, 0) is 28.1 Å². The first-order valence-electron chi connectivity index (χ1n) is 5.04. The lowest BCUT2D eigenvalue weighted by Crippen LogP contribution is -2.15. The van der Waals surface area contributed by atoms with Crippen LogP contribution in [0.5, 0.6) is 0 Å². The minimum Gasteiger partial charge on any atom is -0.384 e. The maximum Gasteiger partial charge on any atom is 0.201 e. The zero-order chi connectivity index (χ0) is 13.3. The SMILES string of the molecule is C[SH](=O)(c1cccc(Br)c1)c1nc(N)cc(Cl)n1. The van der Waals surface area contributed by atoms with E-state index in [2.05, 4.69) is 25.9 Å². The van der Waals surface area contributed by atoms with Crippen LogP contribution in [0.4, 0.5) is 5.82 Å². The molecule has 1 aromatic carbocycles. The molecule has 4 nitrogen and oxygen atoms in total. The first kappa shape index (κ1) is 13.5. The van der Waals surface area contributed by atoms with E-state index in [4.69, 9.17) is 17.3 Å². The number of halogens is 2. The molecule has 1 heterocycles. The molecule has 1 aromatic heterocycles. The van der Waals surface area contributed by atoms with Crippen molar-refractivity contribution in [1.82, 2.24) is 9.97 Å². The number of nitrogens with zero attached hydrogens (tertiary/aromatic N) is 2. The van der Waals surface area contributed by atoms with E-state index in [9.17, 15) is 4.21 Å². The van der Waals surface area contributed by atoms with E-state index in [1.54, 1.807) is 18.4 Å². The van der Waals surface area contributed by atoms with Crippen molar-refractivity contribution >= 4 is 43.3 Å². The average Bonchev–Trinajstić information content (AvgIpc) is 2.27. The normalized spacial score (nSPS) is 12.4. The van der Waals surface area contributed by atoms with Gasteiger partial charge in [-0.1, -0.05) is 33.6 Å². The highest BCUT2D eigenvalue weighted by Gasteiger charge is 2.19. The van der Waals surface area contributed by atoms with Crippen LogP contribution in [0.15, 0.2) is 44.9 Å². The van der Waals surface area contributed by atoms with Gasteiger partial charge < -0.3 is 5.73 Å². The molecule has 2 aromatic rings. The molecule has 0 aliphatic heterocycles. The van der Waals surface area contributed by atoms with Crippen LogP contribution in [0.1, 0.15) is 0 Å². The third-order valence-corrected chi connectivity index (χ3v) is 5.30. The van der Waals surface area contributed by atoms with Crippen LogP contribution in [0.2, 0.25) is 5.15 Å². The van der Waals surface area contributed by atoms with E-state index < -0.39 is 9.93 Å².